The van der Waals surface area contributed by atoms with Crippen molar-refractivity contribution in [3.8, 4) is 5.75 Å². The lowest BCUT2D eigenvalue weighted by Crippen LogP contribution is -2.28. The Morgan fingerprint density at radius 3 is 2.45 bits per heavy atom. The summed E-state index contributed by atoms with van der Waals surface area (Å²) >= 11 is 6.43. The normalized spacial score (nSPS) is 11.7. The predicted octanol–water partition coefficient (Wildman–Crippen LogP) is 6.09. The van der Waals surface area contributed by atoms with Gasteiger partial charge in [0, 0.05) is 9.99 Å². The molecule has 2 N–H and O–H groups in total. The van der Waals surface area contributed by atoms with Crippen molar-refractivity contribution >= 4 is 85.3 Å². The number of aliphatic carboxylic acids is 1. The first-order chi connectivity index (χ1) is 13.8. The maximum absolute atomic E-state index is 12.5. The van der Waals surface area contributed by atoms with Crippen molar-refractivity contribution in [2.75, 3.05) is 5.32 Å². The number of ether oxygens (including phenoxy) is 1. The Hall–Kier alpha value is -0.630. The summed E-state index contributed by atoms with van der Waals surface area (Å²) < 4.78 is 8.30. The Morgan fingerprint density at radius 1 is 1.14 bits per heavy atom. The lowest BCUT2D eigenvalue weighted by atomic mass is 10.1. The van der Waals surface area contributed by atoms with Gasteiger partial charge in [-0.15, -0.1) is 0 Å². The van der Waals surface area contributed by atoms with E-state index in [0.29, 0.717) is 30.7 Å². The van der Waals surface area contributed by atoms with Crippen LogP contribution in [0.25, 0.3) is 0 Å². The van der Waals surface area contributed by atoms with Crippen molar-refractivity contribution in [1.29, 1.82) is 0 Å². The molecule has 1 atom stereocenters. The third-order valence-corrected chi connectivity index (χ3v) is 6.91. The molecule has 5 nitrogen and oxygen atoms in total. The number of carboxylic acids is 1. The summed E-state index contributed by atoms with van der Waals surface area (Å²) in [7, 11) is 0. The summed E-state index contributed by atoms with van der Waals surface area (Å²) in [6, 6.07) is 11.8. The molecule has 0 spiro atoms. The Kier molecular flexibility index (Phi) is 10.4. The van der Waals surface area contributed by atoms with Crippen LogP contribution in [-0.4, -0.2) is 23.1 Å². The monoisotopic (exact) mass is 733 g/mol. The molecule has 0 aliphatic rings. The topological polar surface area (TPSA) is 75.6 Å². The van der Waals surface area contributed by atoms with Crippen LogP contribution >= 0.6 is 67.8 Å². The zero-order valence-electron chi connectivity index (χ0n) is 15.9. The minimum Gasteiger partial charge on any atom is -0.479 e. The maximum atomic E-state index is 12.5. The van der Waals surface area contributed by atoms with Crippen molar-refractivity contribution < 1.29 is 19.4 Å². The van der Waals surface area contributed by atoms with Gasteiger partial charge in [-0.3, -0.25) is 4.79 Å². The molecule has 156 valence electrons. The first-order valence-electron chi connectivity index (χ1n) is 9.24. The first kappa shape index (κ1) is 24.6. The van der Waals surface area contributed by atoms with E-state index in [4.69, 9.17) is 4.74 Å². The number of anilines is 1. The fraction of sp³-hybridized carbons (Fsp3) is 0.333. The molecule has 2 rings (SSSR count). The fourth-order valence-electron chi connectivity index (χ4n) is 2.66. The van der Waals surface area contributed by atoms with E-state index in [2.05, 4.69) is 73.1 Å². The van der Waals surface area contributed by atoms with Crippen LogP contribution < -0.4 is 10.1 Å². The standard InChI is InChI=1S/C21H22I3NO4/c1-2-3-9-16(21(27)28)29-20-15(23)12-14(22)19(18(20)24)25-17(26)11-10-13-7-5-4-6-8-13/h4-8,12,16H,2-3,9-11H2,1H3,(H,25,26)(H,27,28). The number of benzene rings is 2. The van der Waals surface area contributed by atoms with E-state index in [1.54, 1.807) is 0 Å². The van der Waals surface area contributed by atoms with Crippen LogP contribution in [0, 0.1) is 10.7 Å². The molecule has 0 aliphatic heterocycles. The summed E-state index contributed by atoms with van der Waals surface area (Å²) in [6.07, 6.45) is 2.24. The van der Waals surface area contributed by atoms with Crippen LogP contribution in [0.2, 0.25) is 0 Å². The Bertz CT molecular complexity index is 859. The highest BCUT2D eigenvalue weighted by molar-refractivity contribution is 14.1. The summed E-state index contributed by atoms with van der Waals surface area (Å²) in [5.74, 6) is -0.553. The van der Waals surface area contributed by atoms with Crippen LogP contribution in [0.5, 0.6) is 5.75 Å². The van der Waals surface area contributed by atoms with Crippen molar-refractivity contribution in [2.45, 2.75) is 45.1 Å². The van der Waals surface area contributed by atoms with E-state index < -0.39 is 12.1 Å². The van der Waals surface area contributed by atoms with E-state index in [1.807, 2.05) is 43.3 Å². The van der Waals surface area contributed by atoms with Gasteiger partial charge in [0.15, 0.2) is 6.10 Å². The van der Waals surface area contributed by atoms with Gasteiger partial charge in [0.25, 0.3) is 0 Å². The van der Waals surface area contributed by atoms with Crippen LogP contribution in [0.3, 0.4) is 0 Å². The second kappa shape index (κ2) is 12.3. The molecule has 0 radical (unpaired) electrons. The Morgan fingerprint density at radius 2 is 1.83 bits per heavy atom. The van der Waals surface area contributed by atoms with Crippen LogP contribution in [0.15, 0.2) is 36.4 Å². The van der Waals surface area contributed by atoms with Gasteiger partial charge in [0.2, 0.25) is 5.91 Å². The molecule has 29 heavy (non-hydrogen) atoms. The molecule has 0 saturated heterocycles. The van der Waals surface area contributed by atoms with Gasteiger partial charge in [-0.05, 0) is 98.7 Å². The summed E-state index contributed by atoms with van der Waals surface area (Å²) in [5, 5.41) is 12.5. The van der Waals surface area contributed by atoms with Crippen molar-refractivity contribution in [3.05, 3.63) is 52.7 Å². The van der Waals surface area contributed by atoms with Gasteiger partial charge in [-0.25, -0.2) is 4.79 Å². The highest BCUT2D eigenvalue weighted by atomic mass is 127. The molecule has 0 heterocycles. The largest absolute Gasteiger partial charge is 0.479 e. The third kappa shape index (κ3) is 7.53. The Balaban J connectivity index is 2.16. The molecule has 0 bridgehead atoms. The summed E-state index contributed by atoms with van der Waals surface area (Å²) in [4.78, 5) is 24.1. The van der Waals surface area contributed by atoms with Crippen LogP contribution in [-0.2, 0) is 16.0 Å². The lowest BCUT2D eigenvalue weighted by molar-refractivity contribution is -0.145. The maximum Gasteiger partial charge on any atom is 0.344 e. The molecule has 1 unspecified atom stereocenters. The average Bonchev–Trinajstić information content (AvgIpc) is 2.69. The summed E-state index contributed by atoms with van der Waals surface area (Å²) in [6.45, 7) is 2.01. The number of carboxylic acid groups (broad SMARTS) is 1. The molecule has 2 aromatic rings. The number of amides is 1. The van der Waals surface area contributed by atoms with E-state index in [1.165, 1.54) is 0 Å². The van der Waals surface area contributed by atoms with Gasteiger partial charge in [-0.1, -0.05) is 43.7 Å². The van der Waals surface area contributed by atoms with Gasteiger partial charge < -0.3 is 15.2 Å². The number of unbranched alkanes of at least 4 members (excludes halogenated alkanes) is 1. The second-order valence-corrected chi connectivity index (χ2v) is 9.88. The van der Waals surface area contributed by atoms with Gasteiger partial charge in [0.1, 0.15) is 5.75 Å². The number of aryl methyl sites for hydroxylation is 1. The number of nitrogens with one attached hydrogen (secondary N) is 1. The molecular weight excluding hydrogens is 711 g/mol. The van der Waals surface area contributed by atoms with E-state index in [0.717, 1.165) is 29.1 Å². The van der Waals surface area contributed by atoms with Crippen LogP contribution in [0.4, 0.5) is 5.69 Å². The molecule has 0 saturated carbocycles. The molecular formula is C21H22I3NO4. The van der Waals surface area contributed by atoms with Crippen molar-refractivity contribution in [2.24, 2.45) is 0 Å². The molecule has 0 fully saturated rings. The molecule has 8 heteroatoms. The highest BCUT2D eigenvalue weighted by Gasteiger charge is 2.24. The van der Waals surface area contributed by atoms with E-state index in [9.17, 15) is 14.7 Å². The van der Waals surface area contributed by atoms with E-state index in [-0.39, 0.29) is 5.91 Å². The molecule has 1 amide bonds. The van der Waals surface area contributed by atoms with Crippen molar-refractivity contribution in [3.63, 3.8) is 0 Å². The van der Waals surface area contributed by atoms with Gasteiger partial charge >= 0.3 is 5.97 Å². The van der Waals surface area contributed by atoms with Crippen LogP contribution in [0.1, 0.15) is 38.2 Å². The smallest absolute Gasteiger partial charge is 0.344 e. The number of halogens is 3. The SMILES string of the molecule is CCCCC(Oc1c(I)cc(I)c(NC(=O)CCc2ccccc2)c1I)C(=O)O. The number of hydrogen-bond acceptors (Lipinski definition) is 3. The number of carbonyl (C=O) groups is 2. The Labute approximate surface area is 211 Å². The molecule has 0 aliphatic carbocycles. The second-order valence-electron chi connectivity index (χ2n) is 6.48. The predicted molar refractivity (Wildman–Crippen MR) is 140 cm³/mol. The quantitative estimate of drug-likeness (QED) is 0.290. The highest BCUT2D eigenvalue weighted by Crippen LogP contribution is 2.38. The van der Waals surface area contributed by atoms with Gasteiger partial charge in [0.05, 0.1) is 12.8 Å². The minimum atomic E-state index is -0.975. The number of carbonyl (C=O) groups excluding carboxylic acids is 1. The molecule has 2 aromatic carbocycles. The average molecular weight is 733 g/mol. The zero-order chi connectivity index (χ0) is 21.4. The lowest BCUT2D eigenvalue weighted by Gasteiger charge is -2.20. The zero-order valence-corrected chi connectivity index (χ0v) is 22.4. The number of hydrogen-bond donors (Lipinski definition) is 2. The number of rotatable bonds is 10. The first-order valence-corrected chi connectivity index (χ1v) is 12.5. The van der Waals surface area contributed by atoms with E-state index >= 15 is 0 Å². The molecule has 0 aromatic heterocycles. The minimum absolute atomic E-state index is 0.0855. The fourth-order valence-corrected chi connectivity index (χ4v) is 6.56. The third-order valence-electron chi connectivity index (χ3n) is 4.23. The van der Waals surface area contributed by atoms with Crippen molar-refractivity contribution in [1.82, 2.24) is 0 Å². The van der Waals surface area contributed by atoms with Gasteiger partial charge in [-0.2, -0.15) is 0 Å². The summed E-state index contributed by atoms with van der Waals surface area (Å²) in [5.41, 5.74) is 1.78.